The number of tetrazole rings is 1. The molecule has 36 heavy (non-hydrogen) atoms. The molecule has 0 bridgehead atoms. The Morgan fingerprint density at radius 1 is 1.06 bits per heavy atom. The predicted molar refractivity (Wildman–Crippen MR) is 130 cm³/mol. The second-order valence-corrected chi connectivity index (χ2v) is 10.7. The molecule has 0 aromatic carbocycles. The van der Waals surface area contributed by atoms with Crippen LogP contribution in [0.3, 0.4) is 0 Å². The molecule has 0 unspecified atom stereocenters. The van der Waals surface area contributed by atoms with Crippen LogP contribution in [-0.2, 0) is 42.2 Å². The van der Waals surface area contributed by atoms with Crippen LogP contribution in [0.5, 0.6) is 0 Å². The molecular weight excluding hydrogens is 470 g/mol. The summed E-state index contributed by atoms with van der Waals surface area (Å²) in [5.74, 6) is -0.807. The third kappa shape index (κ3) is 15.1. The average molecular weight is 513 g/mol. The van der Waals surface area contributed by atoms with Crippen molar-refractivity contribution in [2.45, 2.75) is 71.1 Å². The Morgan fingerprint density at radius 3 is 2.33 bits per heavy atom. The lowest BCUT2D eigenvalue weighted by atomic mass is 10.0. The van der Waals surface area contributed by atoms with Gasteiger partial charge in [0.15, 0.2) is 18.2 Å². The minimum Gasteiger partial charge on any atom is -0.458 e. The first kappa shape index (κ1) is 31.1. The second-order valence-electron chi connectivity index (χ2n) is 10.7. The van der Waals surface area contributed by atoms with Crippen LogP contribution in [0, 0.1) is 0 Å². The zero-order valence-electron chi connectivity index (χ0n) is 22.6. The van der Waals surface area contributed by atoms with Crippen molar-refractivity contribution < 1.29 is 33.1 Å². The first-order chi connectivity index (χ1) is 16.6. The number of unbranched alkanes of at least 4 members (excludes halogenated alkanes) is 2. The summed E-state index contributed by atoms with van der Waals surface area (Å²) in [6, 6.07) is -0.714. The third-order valence-electron chi connectivity index (χ3n) is 4.59. The van der Waals surface area contributed by atoms with Crippen LogP contribution >= 0.6 is 0 Å². The monoisotopic (exact) mass is 512 g/mol. The maximum atomic E-state index is 12.7. The van der Waals surface area contributed by atoms with Crippen LogP contribution in [0.15, 0.2) is 0 Å². The van der Waals surface area contributed by atoms with E-state index in [9.17, 15) is 19.2 Å². The van der Waals surface area contributed by atoms with E-state index in [1.807, 2.05) is 21.1 Å². The van der Waals surface area contributed by atoms with Crippen molar-refractivity contribution in [3.05, 3.63) is 5.82 Å². The van der Waals surface area contributed by atoms with Crippen LogP contribution in [0.1, 0.15) is 58.7 Å². The number of nitrogens with zero attached hydrogens (tertiary/aromatic N) is 5. The first-order valence-corrected chi connectivity index (χ1v) is 12.1. The molecule has 1 aromatic rings. The number of amides is 2. The number of quaternary nitrogens is 1. The number of Topliss-reactive ketones (excluding diaryl/α,β-unsaturated/α-hetero) is 1. The van der Waals surface area contributed by atoms with Crippen molar-refractivity contribution >= 4 is 23.6 Å². The molecule has 2 amide bonds. The molecular formula is C23H42N7O6+. The van der Waals surface area contributed by atoms with Gasteiger partial charge >= 0.3 is 5.97 Å². The first-order valence-electron chi connectivity index (χ1n) is 12.1. The van der Waals surface area contributed by atoms with E-state index < -0.39 is 17.6 Å². The molecule has 13 heteroatoms. The van der Waals surface area contributed by atoms with Crippen molar-refractivity contribution in [3.63, 3.8) is 0 Å². The maximum absolute atomic E-state index is 12.7. The summed E-state index contributed by atoms with van der Waals surface area (Å²) in [4.78, 5) is 50.1. The van der Waals surface area contributed by atoms with E-state index in [0.29, 0.717) is 42.4 Å². The van der Waals surface area contributed by atoms with Gasteiger partial charge in [0.1, 0.15) is 24.9 Å². The smallest absolute Gasteiger partial charge is 0.332 e. The van der Waals surface area contributed by atoms with Crippen LogP contribution in [0.4, 0.5) is 0 Å². The fourth-order valence-electron chi connectivity index (χ4n) is 3.16. The van der Waals surface area contributed by atoms with Crippen molar-refractivity contribution in [1.82, 2.24) is 30.8 Å². The number of ketones is 1. The summed E-state index contributed by atoms with van der Waals surface area (Å²) in [5, 5.41) is 17.1. The molecule has 0 aliphatic heterocycles. The molecule has 1 heterocycles. The highest BCUT2D eigenvalue weighted by molar-refractivity contribution is 5.87. The van der Waals surface area contributed by atoms with E-state index in [0.717, 1.165) is 0 Å². The molecule has 0 saturated carbocycles. The Bertz CT molecular complexity index is 873. The highest BCUT2D eigenvalue weighted by Crippen LogP contribution is 2.09. The number of hydrogen-bond donors (Lipinski definition) is 2. The Labute approximate surface area is 212 Å². The Hall–Kier alpha value is -2.93. The van der Waals surface area contributed by atoms with Crippen molar-refractivity contribution in [2.75, 3.05) is 40.9 Å². The molecule has 2 N–H and O–H groups in total. The normalized spacial score (nSPS) is 12.6. The molecule has 0 aliphatic carbocycles. The number of likely N-dealkylation sites (N-methyl/N-ethyl adjacent to an activating group) is 1. The molecule has 1 atom stereocenters. The van der Waals surface area contributed by atoms with Gasteiger partial charge in [-0.05, 0) is 38.8 Å². The van der Waals surface area contributed by atoms with Crippen LogP contribution < -0.4 is 10.6 Å². The van der Waals surface area contributed by atoms with Crippen molar-refractivity contribution in [1.29, 1.82) is 0 Å². The molecule has 0 aliphatic rings. The SMILES string of the molecule is Cn1nnc(CNC(=O)[C@H](CCCCCC(=O)COCC(=O)OC(C)(C)C)NC(=O)C[N+](C)(C)C)n1. The lowest BCUT2D eigenvalue weighted by molar-refractivity contribution is -0.862. The van der Waals surface area contributed by atoms with Crippen LogP contribution in [0.2, 0.25) is 0 Å². The molecule has 0 fully saturated rings. The Morgan fingerprint density at radius 2 is 1.75 bits per heavy atom. The van der Waals surface area contributed by atoms with Gasteiger partial charge in [0, 0.05) is 6.42 Å². The standard InChI is InChI=1S/C23H41N7O6/c1-23(2,3)36-21(33)16-35-15-17(31)11-9-8-10-12-18(25-20(32)14-30(5,6)7)22(34)24-13-19-26-28-29(4)27-19/h18H,8-16H2,1-7H3,(H-,24,25,32,34)/p+1/t18-/m0/s1. The molecule has 0 saturated heterocycles. The molecule has 13 nitrogen and oxygen atoms in total. The average Bonchev–Trinajstić information content (AvgIpc) is 3.13. The van der Waals surface area contributed by atoms with Crippen molar-refractivity contribution in [3.8, 4) is 0 Å². The van der Waals surface area contributed by atoms with Gasteiger partial charge in [-0.25, -0.2) is 4.79 Å². The number of esters is 1. The molecule has 204 valence electrons. The third-order valence-corrected chi connectivity index (χ3v) is 4.59. The number of ether oxygens (including phenoxy) is 2. The lowest BCUT2D eigenvalue weighted by Gasteiger charge is -2.25. The summed E-state index contributed by atoms with van der Waals surface area (Å²) >= 11 is 0. The van der Waals surface area contributed by atoms with E-state index >= 15 is 0 Å². The van der Waals surface area contributed by atoms with Gasteiger partial charge in [-0.3, -0.25) is 14.4 Å². The number of rotatable bonds is 16. The summed E-state index contributed by atoms with van der Waals surface area (Å²) in [5.41, 5.74) is -0.600. The van der Waals surface area contributed by atoms with Crippen molar-refractivity contribution in [2.24, 2.45) is 7.05 Å². The minimum atomic E-state index is -0.714. The maximum Gasteiger partial charge on any atom is 0.332 e. The molecule has 1 aromatic heterocycles. The van der Waals surface area contributed by atoms with Gasteiger partial charge in [-0.1, -0.05) is 12.8 Å². The van der Waals surface area contributed by atoms with Gasteiger partial charge in [-0.15, -0.1) is 10.2 Å². The van der Waals surface area contributed by atoms with Gasteiger partial charge in [0.2, 0.25) is 5.91 Å². The van der Waals surface area contributed by atoms with E-state index in [1.165, 1.54) is 4.80 Å². The summed E-state index contributed by atoms with van der Waals surface area (Å²) in [6.45, 7) is 5.19. The number of carbonyl (C=O) groups is 4. The number of aryl methyl sites for hydroxylation is 1. The number of carbonyl (C=O) groups excluding carboxylic acids is 4. The summed E-state index contributed by atoms with van der Waals surface area (Å²) in [6.07, 6.45) is 2.67. The highest BCUT2D eigenvalue weighted by Gasteiger charge is 2.24. The topological polar surface area (TPSA) is 154 Å². The van der Waals surface area contributed by atoms with Gasteiger partial charge < -0.3 is 24.6 Å². The predicted octanol–water partition coefficient (Wildman–Crippen LogP) is -0.105. The Kier molecular flexibility index (Phi) is 12.6. The van der Waals surface area contributed by atoms with E-state index in [2.05, 4.69) is 26.0 Å². The lowest BCUT2D eigenvalue weighted by Crippen LogP contribution is -2.51. The van der Waals surface area contributed by atoms with Gasteiger partial charge in [0.25, 0.3) is 5.91 Å². The second kappa shape index (κ2) is 14.6. The van der Waals surface area contributed by atoms with Gasteiger partial charge in [-0.2, -0.15) is 4.80 Å². The number of aromatic nitrogens is 4. The van der Waals surface area contributed by atoms with E-state index in [-0.39, 0.29) is 43.9 Å². The Balaban J connectivity index is 2.42. The van der Waals surface area contributed by atoms with Crippen LogP contribution in [0.25, 0.3) is 0 Å². The minimum absolute atomic E-state index is 0.103. The fourth-order valence-corrected chi connectivity index (χ4v) is 3.16. The molecule has 0 spiro atoms. The number of hydrogen-bond acceptors (Lipinski definition) is 9. The summed E-state index contributed by atoms with van der Waals surface area (Å²) < 4.78 is 10.7. The largest absolute Gasteiger partial charge is 0.458 e. The summed E-state index contributed by atoms with van der Waals surface area (Å²) in [7, 11) is 7.30. The highest BCUT2D eigenvalue weighted by atomic mass is 16.6. The van der Waals surface area contributed by atoms with Gasteiger partial charge in [0.05, 0.1) is 34.7 Å². The van der Waals surface area contributed by atoms with E-state index in [1.54, 1.807) is 27.8 Å². The zero-order chi connectivity index (χ0) is 27.4. The fraction of sp³-hybridized carbons (Fsp3) is 0.783. The van der Waals surface area contributed by atoms with Crippen LogP contribution in [-0.4, -0.2) is 101 Å². The molecule has 1 rings (SSSR count). The van der Waals surface area contributed by atoms with E-state index in [4.69, 9.17) is 9.47 Å². The zero-order valence-corrected chi connectivity index (χ0v) is 22.6. The number of nitrogens with one attached hydrogen (secondary N) is 2. The quantitative estimate of drug-likeness (QED) is 0.175. The molecule has 0 radical (unpaired) electrons.